The van der Waals surface area contributed by atoms with Crippen LogP contribution in [0.15, 0.2) is 0 Å². The van der Waals surface area contributed by atoms with Gasteiger partial charge in [0.05, 0.1) is 5.88 Å². The highest BCUT2D eigenvalue weighted by molar-refractivity contribution is 7.98. The van der Waals surface area contributed by atoms with Crippen molar-refractivity contribution in [3.05, 3.63) is 0 Å². The maximum Gasteiger partial charge on any atom is 0.407 e. The van der Waals surface area contributed by atoms with E-state index in [9.17, 15) is 4.79 Å². The maximum absolute atomic E-state index is 11.0. The zero-order chi connectivity index (χ0) is 11.7. The van der Waals surface area contributed by atoms with E-state index >= 15 is 0 Å². The van der Waals surface area contributed by atoms with Gasteiger partial charge in [-0.25, -0.2) is 4.79 Å². The Hall–Kier alpha value is -0.0700. The third-order valence-electron chi connectivity index (χ3n) is 1.64. The Balaban J connectivity index is 3.40. The number of hydrogen-bond donors (Lipinski definition) is 2. The molecule has 6 heteroatoms. The number of thioether (sulfide) groups is 1. The topological polar surface area (TPSA) is 41.6 Å². The van der Waals surface area contributed by atoms with Gasteiger partial charge in [0.2, 0.25) is 0 Å². The number of hydrogen-bond acceptors (Lipinski definition) is 5. The fourth-order valence-electron chi connectivity index (χ4n) is 1.02. The van der Waals surface area contributed by atoms with Crippen molar-refractivity contribution in [3.63, 3.8) is 0 Å². The van der Waals surface area contributed by atoms with Crippen LogP contribution in [-0.2, 0) is 4.74 Å². The van der Waals surface area contributed by atoms with E-state index in [4.69, 9.17) is 4.74 Å². The molecule has 1 unspecified atom stereocenters. The fraction of sp³-hybridized carbons (Fsp3) is 0.889. The predicted octanol–water partition coefficient (Wildman–Crippen LogP) is 1.28. The summed E-state index contributed by atoms with van der Waals surface area (Å²) < 4.78 is 4.97. The summed E-state index contributed by atoms with van der Waals surface area (Å²) >= 11 is 5.83. The molecule has 0 radical (unpaired) electrons. The quantitative estimate of drug-likeness (QED) is 0.529. The lowest BCUT2D eigenvalue weighted by molar-refractivity contribution is 0.134. The molecule has 0 bridgehead atoms. The number of thiol groups is 1. The van der Waals surface area contributed by atoms with E-state index in [1.165, 1.54) is 0 Å². The first kappa shape index (κ1) is 14.9. The lowest BCUT2D eigenvalue weighted by Crippen LogP contribution is -2.31. The molecule has 1 amide bonds. The number of likely N-dealkylation sites (N-methyl/N-ethyl adjacent to an activating group) is 1. The largest absolute Gasteiger partial charge is 0.448 e. The standard InChI is InChI=1S/C9H20N2O2S2/c1-8(14)6-11(2)4-5-13-9(12)10-7-15-3/h8,14H,4-7H2,1-3H3,(H,10,12). The summed E-state index contributed by atoms with van der Waals surface area (Å²) in [6.45, 7) is 4.07. The highest BCUT2D eigenvalue weighted by Gasteiger charge is 2.04. The van der Waals surface area contributed by atoms with Crippen molar-refractivity contribution in [2.24, 2.45) is 0 Å². The van der Waals surface area contributed by atoms with Crippen molar-refractivity contribution < 1.29 is 9.53 Å². The third kappa shape index (κ3) is 10.2. The van der Waals surface area contributed by atoms with Gasteiger partial charge in [-0.3, -0.25) is 0 Å². The molecule has 0 aliphatic rings. The van der Waals surface area contributed by atoms with Crippen LogP contribution in [0.3, 0.4) is 0 Å². The van der Waals surface area contributed by atoms with Crippen LogP contribution in [0.25, 0.3) is 0 Å². The van der Waals surface area contributed by atoms with Gasteiger partial charge in [-0.2, -0.15) is 12.6 Å². The summed E-state index contributed by atoms with van der Waals surface area (Å²) in [5.41, 5.74) is 0. The van der Waals surface area contributed by atoms with Crippen LogP contribution in [0.5, 0.6) is 0 Å². The Bertz CT molecular complexity index is 179. The summed E-state index contributed by atoms with van der Waals surface area (Å²) in [7, 11) is 1.98. The van der Waals surface area contributed by atoms with Crippen molar-refractivity contribution in [1.82, 2.24) is 10.2 Å². The smallest absolute Gasteiger partial charge is 0.407 e. The van der Waals surface area contributed by atoms with E-state index < -0.39 is 0 Å². The number of ether oxygens (including phenoxy) is 1. The van der Waals surface area contributed by atoms with Gasteiger partial charge in [-0.15, -0.1) is 11.8 Å². The van der Waals surface area contributed by atoms with E-state index in [2.05, 4.69) is 22.8 Å². The van der Waals surface area contributed by atoms with Gasteiger partial charge in [-0.05, 0) is 13.3 Å². The molecule has 4 nitrogen and oxygen atoms in total. The summed E-state index contributed by atoms with van der Waals surface area (Å²) in [5, 5.41) is 2.95. The molecule has 0 aromatic heterocycles. The van der Waals surface area contributed by atoms with Crippen LogP contribution < -0.4 is 5.32 Å². The molecule has 0 aromatic carbocycles. The van der Waals surface area contributed by atoms with Gasteiger partial charge in [-0.1, -0.05) is 6.92 Å². The molecule has 0 saturated carbocycles. The first-order chi connectivity index (χ1) is 7.06. The lowest BCUT2D eigenvalue weighted by atomic mass is 10.4. The monoisotopic (exact) mass is 252 g/mol. The Morgan fingerprint density at radius 3 is 2.87 bits per heavy atom. The van der Waals surface area contributed by atoms with Crippen molar-refractivity contribution in [2.45, 2.75) is 12.2 Å². The second-order valence-electron chi connectivity index (χ2n) is 3.36. The highest BCUT2D eigenvalue weighted by atomic mass is 32.2. The number of nitrogens with zero attached hydrogens (tertiary/aromatic N) is 1. The molecule has 15 heavy (non-hydrogen) atoms. The Labute approximate surface area is 102 Å². The average Bonchev–Trinajstić information content (AvgIpc) is 2.13. The van der Waals surface area contributed by atoms with E-state index in [1.54, 1.807) is 11.8 Å². The second kappa shape index (κ2) is 9.18. The van der Waals surface area contributed by atoms with E-state index in [-0.39, 0.29) is 6.09 Å². The summed E-state index contributed by atoms with van der Waals surface area (Å²) in [5.74, 6) is 0.586. The lowest BCUT2D eigenvalue weighted by Gasteiger charge is -2.18. The zero-order valence-corrected chi connectivity index (χ0v) is 11.2. The number of alkyl carbamates (subject to hydrolysis) is 1. The molecule has 0 aliphatic heterocycles. The van der Waals surface area contributed by atoms with E-state index in [1.807, 2.05) is 20.2 Å². The Kier molecular flexibility index (Phi) is 9.13. The molecule has 0 fully saturated rings. The van der Waals surface area contributed by atoms with Crippen LogP contribution in [0.1, 0.15) is 6.92 Å². The van der Waals surface area contributed by atoms with Crippen molar-refractivity contribution in [3.8, 4) is 0 Å². The predicted molar refractivity (Wildman–Crippen MR) is 68.8 cm³/mol. The van der Waals surface area contributed by atoms with Gasteiger partial charge in [0, 0.05) is 18.3 Å². The molecule has 0 heterocycles. The van der Waals surface area contributed by atoms with Gasteiger partial charge in [0.25, 0.3) is 0 Å². The van der Waals surface area contributed by atoms with Crippen molar-refractivity contribution >= 4 is 30.5 Å². The number of nitrogens with one attached hydrogen (secondary N) is 1. The van der Waals surface area contributed by atoms with Crippen LogP contribution >= 0.6 is 24.4 Å². The number of amides is 1. The van der Waals surface area contributed by atoms with Crippen molar-refractivity contribution in [2.75, 3.05) is 38.9 Å². The Morgan fingerprint density at radius 1 is 1.67 bits per heavy atom. The first-order valence-electron chi connectivity index (χ1n) is 4.82. The normalized spacial score (nSPS) is 12.6. The van der Waals surface area contributed by atoms with Crippen LogP contribution in [0.2, 0.25) is 0 Å². The Morgan fingerprint density at radius 2 is 2.33 bits per heavy atom. The van der Waals surface area contributed by atoms with Gasteiger partial charge in [0.1, 0.15) is 6.61 Å². The molecular weight excluding hydrogens is 232 g/mol. The van der Waals surface area contributed by atoms with Crippen LogP contribution in [0, 0.1) is 0 Å². The van der Waals surface area contributed by atoms with Gasteiger partial charge >= 0.3 is 6.09 Å². The number of carbonyl (C=O) groups excluding carboxylic acids is 1. The maximum atomic E-state index is 11.0. The van der Waals surface area contributed by atoms with Crippen LogP contribution in [-0.4, -0.2) is 55.1 Å². The molecule has 0 aromatic rings. The molecule has 1 atom stereocenters. The second-order valence-corrected chi connectivity index (χ2v) is 5.10. The molecule has 90 valence electrons. The molecule has 1 N–H and O–H groups in total. The molecule has 0 aliphatic carbocycles. The first-order valence-corrected chi connectivity index (χ1v) is 6.73. The fourth-order valence-corrected chi connectivity index (χ4v) is 1.56. The third-order valence-corrected chi connectivity index (χ3v) is 2.24. The summed E-state index contributed by atoms with van der Waals surface area (Å²) in [4.78, 5) is 13.1. The molecule has 0 spiro atoms. The van der Waals surface area contributed by atoms with Gasteiger partial charge < -0.3 is 15.0 Å². The van der Waals surface area contributed by atoms with Crippen LogP contribution in [0.4, 0.5) is 4.79 Å². The highest BCUT2D eigenvalue weighted by Crippen LogP contribution is 1.95. The van der Waals surface area contributed by atoms with Crippen molar-refractivity contribution in [1.29, 1.82) is 0 Å². The zero-order valence-electron chi connectivity index (χ0n) is 9.52. The number of carbonyl (C=O) groups is 1. The number of rotatable bonds is 7. The minimum Gasteiger partial charge on any atom is -0.448 e. The summed E-state index contributed by atoms with van der Waals surface area (Å²) in [6, 6.07) is 0. The molecule has 0 rings (SSSR count). The minimum atomic E-state index is -0.350. The molecule has 0 saturated heterocycles. The van der Waals surface area contributed by atoms with Gasteiger partial charge in [0.15, 0.2) is 0 Å². The summed E-state index contributed by atoms with van der Waals surface area (Å²) in [6.07, 6.45) is 1.57. The average molecular weight is 252 g/mol. The SMILES string of the molecule is CSCNC(=O)OCCN(C)CC(C)S. The van der Waals surface area contributed by atoms with E-state index in [0.717, 1.165) is 13.1 Å². The van der Waals surface area contributed by atoms with E-state index in [0.29, 0.717) is 17.7 Å². The minimum absolute atomic E-state index is 0.334. The molecular formula is C9H20N2O2S2.